The average molecular weight is 466 g/mol. The number of nitrogens with one attached hydrogen (secondary N) is 1. The number of amides is 1. The molecule has 10 heteroatoms. The fourth-order valence-electron chi connectivity index (χ4n) is 2.71. The van der Waals surface area contributed by atoms with Gasteiger partial charge in [-0.1, -0.05) is 35.5 Å². The van der Waals surface area contributed by atoms with Gasteiger partial charge in [-0.05, 0) is 46.8 Å². The Morgan fingerprint density at radius 2 is 2.03 bits per heavy atom. The van der Waals surface area contributed by atoms with Crippen LogP contribution >= 0.6 is 34.7 Å². The van der Waals surface area contributed by atoms with Crippen LogP contribution in [0.25, 0.3) is 0 Å². The van der Waals surface area contributed by atoms with Crippen LogP contribution in [0.4, 0.5) is 5.13 Å². The average Bonchev–Trinajstić information content (AvgIpc) is 3.25. The van der Waals surface area contributed by atoms with Gasteiger partial charge in [0, 0.05) is 11.4 Å². The van der Waals surface area contributed by atoms with Crippen LogP contribution in [0.2, 0.25) is 5.02 Å². The molecule has 0 aliphatic heterocycles. The van der Waals surface area contributed by atoms with E-state index in [1.807, 2.05) is 57.4 Å². The molecule has 2 aromatic heterocycles. The van der Waals surface area contributed by atoms with Crippen molar-refractivity contribution in [2.45, 2.75) is 57.7 Å². The van der Waals surface area contributed by atoms with Crippen LogP contribution in [-0.4, -0.2) is 30.9 Å². The first-order valence-corrected chi connectivity index (χ1v) is 11.6. The quantitative estimate of drug-likeness (QED) is 0.455. The predicted molar refractivity (Wildman–Crippen MR) is 122 cm³/mol. The van der Waals surface area contributed by atoms with Crippen molar-refractivity contribution >= 4 is 45.7 Å². The molecule has 2 heterocycles. The molecular weight excluding hydrogens is 442 g/mol. The van der Waals surface area contributed by atoms with E-state index in [4.69, 9.17) is 16.3 Å². The molecular formula is C20H24ClN5O2S2. The van der Waals surface area contributed by atoms with E-state index < -0.39 is 0 Å². The van der Waals surface area contributed by atoms with Gasteiger partial charge in [0.05, 0.1) is 16.0 Å². The number of hydrogen-bond acceptors (Lipinski definition) is 7. The number of thiazole rings is 1. The van der Waals surface area contributed by atoms with Crippen LogP contribution in [0.5, 0.6) is 5.75 Å². The van der Waals surface area contributed by atoms with Crippen LogP contribution in [0, 0.1) is 13.8 Å². The molecule has 1 amide bonds. The van der Waals surface area contributed by atoms with Gasteiger partial charge in [0.2, 0.25) is 5.91 Å². The maximum atomic E-state index is 12.6. The largest absolute Gasteiger partial charge is 0.481 e. The summed E-state index contributed by atoms with van der Waals surface area (Å²) in [6.45, 7) is 10.3. The zero-order valence-corrected chi connectivity index (χ0v) is 19.9. The van der Waals surface area contributed by atoms with Crippen LogP contribution in [0.1, 0.15) is 43.3 Å². The maximum Gasteiger partial charge on any atom is 0.239 e. The number of hydrogen-bond donors (Lipinski definition) is 1. The Balaban J connectivity index is 1.70. The number of anilines is 1. The second kappa shape index (κ2) is 9.80. The monoisotopic (exact) mass is 465 g/mol. The molecule has 0 saturated heterocycles. The molecule has 1 N–H and O–H groups in total. The van der Waals surface area contributed by atoms with Crippen molar-refractivity contribution in [3.05, 3.63) is 45.7 Å². The van der Waals surface area contributed by atoms with Crippen molar-refractivity contribution in [1.29, 1.82) is 0 Å². The van der Waals surface area contributed by atoms with Crippen molar-refractivity contribution in [2.75, 3.05) is 5.32 Å². The van der Waals surface area contributed by atoms with Gasteiger partial charge in [0.1, 0.15) is 5.75 Å². The molecule has 0 fully saturated rings. The Morgan fingerprint density at radius 1 is 1.30 bits per heavy atom. The number of benzene rings is 1. The summed E-state index contributed by atoms with van der Waals surface area (Å²) in [5.74, 6) is 1.15. The summed E-state index contributed by atoms with van der Waals surface area (Å²) in [7, 11) is 0. The summed E-state index contributed by atoms with van der Waals surface area (Å²) < 4.78 is 7.93. The number of carbonyl (C=O) groups excluding carboxylic acids is 1. The van der Waals surface area contributed by atoms with E-state index in [1.54, 1.807) is 6.07 Å². The Kier molecular flexibility index (Phi) is 7.38. The van der Waals surface area contributed by atoms with E-state index >= 15 is 0 Å². The highest BCUT2D eigenvalue weighted by molar-refractivity contribution is 8.00. The normalized spacial score (nSPS) is 13.1. The molecule has 1 aromatic carbocycles. The van der Waals surface area contributed by atoms with Gasteiger partial charge >= 0.3 is 0 Å². The molecule has 3 aromatic rings. The van der Waals surface area contributed by atoms with Gasteiger partial charge < -0.3 is 14.6 Å². The van der Waals surface area contributed by atoms with Crippen molar-refractivity contribution in [1.82, 2.24) is 19.7 Å². The number of carbonyl (C=O) groups is 1. The summed E-state index contributed by atoms with van der Waals surface area (Å²) >= 11 is 9.02. The van der Waals surface area contributed by atoms with Gasteiger partial charge in [0.15, 0.2) is 22.2 Å². The Bertz CT molecular complexity index is 1020. The molecule has 0 radical (unpaired) electrons. The number of aryl methyl sites for hydroxylation is 2. The molecule has 0 saturated carbocycles. The SMILES string of the molecule is CCn1c(SC(C)C(=O)Nc2nc(C)c(C)s2)nnc1C(C)Oc1ccccc1Cl. The molecule has 0 spiro atoms. The molecule has 160 valence electrons. The topological polar surface area (TPSA) is 81.9 Å². The zero-order valence-electron chi connectivity index (χ0n) is 17.5. The first-order chi connectivity index (χ1) is 14.3. The minimum atomic E-state index is -0.364. The minimum Gasteiger partial charge on any atom is -0.481 e. The van der Waals surface area contributed by atoms with Gasteiger partial charge in [-0.3, -0.25) is 4.79 Å². The van der Waals surface area contributed by atoms with Gasteiger partial charge in [-0.15, -0.1) is 21.5 Å². The van der Waals surface area contributed by atoms with Crippen molar-refractivity contribution < 1.29 is 9.53 Å². The second-order valence-corrected chi connectivity index (χ2v) is 9.60. The fourth-order valence-corrected chi connectivity index (χ4v) is 4.63. The Labute approximate surface area is 189 Å². The minimum absolute atomic E-state index is 0.124. The number of ether oxygens (including phenoxy) is 1. The first-order valence-electron chi connectivity index (χ1n) is 9.56. The van der Waals surface area contributed by atoms with E-state index in [0.29, 0.717) is 33.4 Å². The number of aromatic nitrogens is 4. The third kappa shape index (κ3) is 5.14. The van der Waals surface area contributed by atoms with E-state index in [1.165, 1.54) is 23.1 Å². The standard InChI is InChI=1S/C20H24ClN5O2S2/c1-6-26-17(12(3)28-16-10-8-7-9-15(16)21)24-25-20(26)30-14(5)18(27)23-19-22-11(2)13(4)29-19/h7-10,12,14H,6H2,1-5H3,(H,22,23,27). The van der Waals surface area contributed by atoms with Gasteiger partial charge in [-0.2, -0.15) is 0 Å². The first kappa shape index (κ1) is 22.6. The second-order valence-electron chi connectivity index (χ2n) is 6.69. The van der Waals surface area contributed by atoms with Crippen molar-refractivity contribution in [3.8, 4) is 5.75 Å². The lowest BCUT2D eigenvalue weighted by Crippen LogP contribution is -2.23. The lowest BCUT2D eigenvalue weighted by molar-refractivity contribution is -0.115. The molecule has 3 rings (SSSR count). The summed E-state index contributed by atoms with van der Waals surface area (Å²) in [5, 5.41) is 12.9. The number of halogens is 1. The van der Waals surface area contributed by atoms with Crippen molar-refractivity contribution in [3.63, 3.8) is 0 Å². The van der Waals surface area contributed by atoms with Crippen LogP contribution < -0.4 is 10.1 Å². The molecule has 30 heavy (non-hydrogen) atoms. The highest BCUT2D eigenvalue weighted by Gasteiger charge is 2.23. The highest BCUT2D eigenvalue weighted by atomic mass is 35.5. The van der Waals surface area contributed by atoms with Crippen LogP contribution in [-0.2, 0) is 11.3 Å². The summed E-state index contributed by atoms with van der Waals surface area (Å²) in [5.41, 5.74) is 0.929. The summed E-state index contributed by atoms with van der Waals surface area (Å²) in [6.07, 6.45) is -0.350. The Morgan fingerprint density at radius 3 is 2.67 bits per heavy atom. The number of nitrogens with zero attached hydrogens (tertiary/aromatic N) is 4. The smallest absolute Gasteiger partial charge is 0.239 e. The molecule has 0 aliphatic carbocycles. The van der Waals surface area contributed by atoms with E-state index in [0.717, 1.165) is 10.6 Å². The molecule has 2 atom stereocenters. The lowest BCUT2D eigenvalue weighted by atomic mass is 10.3. The van der Waals surface area contributed by atoms with Gasteiger partial charge in [-0.25, -0.2) is 4.98 Å². The number of para-hydroxylation sites is 1. The van der Waals surface area contributed by atoms with Crippen molar-refractivity contribution in [2.24, 2.45) is 0 Å². The van der Waals surface area contributed by atoms with E-state index in [2.05, 4.69) is 20.5 Å². The van der Waals surface area contributed by atoms with E-state index in [9.17, 15) is 4.79 Å². The summed E-state index contributed by atoms with van der Waals surface area (Å²) in [4.78, 5) is 18.0. The third-order valence-electron chi connectivity index (χ3n) is 4.48. The maximum absolute atomic E-state index is 12.6. The van der Waals surface area contributed by atoms with Gasteiger partial charge in [0.25, 0.3) is 0 Å². The predicted octanol–water partition coefficient (Wildman–Crippen LogP) is 5.28. The third-order valence-corrected chi connectivity index (χ3v) is 6.86. The van der Waals surface area contributed by atoms with Crippen LogP contribution in [0.15, 0.2) is 29.4 Å². The fraction of sp³-hybridized carbons (Fsp3) is 0.400. The molecule has 0 aliphatic rings. The Hall–Kier alpha value is -2.10. The highest BCUT2D eigenvalue weighted by Crippen LogP contribution is 2.30. The molecule has 7 nitrogen and oxygen atoms in total. The number of thioether (sulfide) groups is 1. The lowest BCUT2D eigenvalue weighted by Gasteiger charge is -2.17. The molecule has 0 bridgehead atoms. The van der Waals surface area contributed by atoms with Crippen LogP contribution in [0.3, 0.4) is 0 Å². The molecule has 2 unspecified atom stereocenters. The number of rotatable bonds is 8. The zero-order chi connectivity index (χ0) is 21.8. The van der Waals surface area contributed by atoms with E-state index in [-0.39, 0.29) is 17.3 Å². The summed E-state index contributed by atoms with van der Waals surface area (Å²) in [6, 6.07) is 7.31.